The summed E-state index contributed by atoms with van der Waals surface area (Å²) in [6, 6.07) is 24.4. The highest BCUT2D eigenvalue weighted by molar-refractivity contribution is 7.80. The Labute approximate surface area is 190 Å². The van der Waals surface area contributed by atoms with Crippen LogP contribution in [0.15, 0.2) is 72.8 Å². The van der Waals surface area contributed by atoms with Crippen LogP contribution < -0.4 is 19.7 Å². The third-order valence-electron chi connectivity index (χ3n) is 4.99. The first-order valence-corrected chi connectivity index (χ1v) is 10.5. The number of nitrogens with zero attached hydrogens (tertiary/aromatic N) is 2. The lowest BCUT2D eigenvalue weighted by Crippen LogP contribution is -2.33. The summed E-state index contributed by atoms with van der Waals surface area (Å²) in [7, 11) is 7.41. The molecule has 3 aromatic rings. The van der Waals surface area contributed by atoms with Crippen LogP contribution in [-0.2, 0) is 13.1 Å². The minimum Gasteiger partial charge on any atom is -0.497 e. The molecular formula is C25H29N3O2S. The summed E-state index contributed by atoms with van der Waals surface area (Å²) < 4.78 is 10.5. The Morgan fingerprint density at radius 2 is 1.19 bits per heavy atom. The van der Waals surface area contributed by atoms with Crippen molar-refractivity contribution in [3.05, 3.63) is 83.9 Å². The van der Waals surface area contributed by atoms with E-state index in [1.54, 1.807) is 14.2 Å². The number of benzene rings is 3. The lowest BCUT2D eigenvalue weighted by atomic mass is 10.1. The van der Waals surface area contributed by atoms with E-state index in [4.69, 9.17) is 21.7 Å². The molecule has 0 unspecified atom stereocenters. The van der Waals surface area contributed by atoms with Crippen LogP contribution in [0.4, 0.5) is 11.4 Å². The van der Waals surface area contributed by atoms with Gasteiger partial charge < -0.3 is 24.6 Å². The summed E-state index contributed by atoms with van der Waals surface area (Å²) in [4.78, 5) is 4.25. The van der Waals surface area contributed by atoms with Gasteiger partial charge >= 0.3 is 0 Å². The van der Waals surface area contributed by atoms with Crippen molar-refractivity contribution in [1.82, 2.24) is 4.90 Å². The Bertz CT molecular complexity index is 971. The van der Waals surface area contributed by atoms with E-state index in [0.29, 0.717) is 18.2 Å². The average molecular weight is 436 g/mol. The molecule has 0 heterocycles. The molecule has 6 heteroatoms. The van der Waals surface area contributed by atoms with E-state index in [1.165, 1.54) is 11.3 Å². The van der Waals surface area contributed by atoms with Crippen LogP contribution >= 0.6 is 12.2 Å². The van der Waals surface area contributed by atoms with Gasteiger partial charge in [0.2, 0.25) is 0 Å². The maximum atomic E-state index is 5.78. The number of nitrogens with one attached hydrogen (secondary N) is 1. The molecule has 3 rings (SSSR count). The van der Waals surface area contributed by atoms with Crippen LogP contribution in [0, 0.1) is 0 Å². The van der Waals surface area contributed by atoms with Crippen molar-refractivity contribution in [3.63, 3.8) is 0 Å². The van der Waals surface area contributed by atoms with E-state index in [2.05, 4.69) is 51.5 Å². The van der Waals surface area contributed by atoms with Crippen molar-refractivity contribution in [2.45, 2.75) is 13.1 Å². The number of hydrogen-bond donors (Lipinski definition) is 1. The molecule has 0 saturated carbocycles. The summed E-state index contributed by atoms with van der Waals surface area (Å²) in [6.07, 6.45) is 0. The van der Waals surface area contributed by atoms with Gasteiger partial charge in [0.05, 0.1) is 14.2 Å². The fourth-order valence-electron chi connectivity index (χ4n) is 3.15. The number of anilines is 2. The van der Waals surface area contributed by atoms with E-state index >= 15 is 0 Å². The minimum absolute atomic E-state index is 0.665. The van der Waals surface area contributed by atoms with Crippen molar-refractivity contribution < 1.29 is 9.47 Å². The van der Waals surface area contributed by atoms with Crippen molar-refractivity contribution in [2.75, 3.05) is 38.5 Å². The topological polar surface area (TPSA) is 37.0 Å². The molecule has 5 nitrogen and oxygen atoms in total. The molecule has 0 amide bonds. The van der Waals surface area contributed by atoms with Gasteiger partial charge in [0, 0.05) is 38.6 Å². The van der Waals surface area contributed by atoms with E-state index in [-0.39, 0.29) is 0 Å². The molecule has 0 aliphatic carbocycles. The number of ether oxygens (including phenoxy) is 2. The summed E-state index contributed by atoms with van der Waals surface area (Å²) in [5.41, 5.74) is 4.44. The van der Waals surface area contributed by atoms with Crippen LogP contribution in [-0.4, -0.2) is 38.3 Å². The highest BCUT2D eigenvalue weighted by atomic mass is 32.1. The molecular weight excluding hydrogens is 406 g/mol. The molecule has 0 aliphatic heterocycles. The standard InChI is InChI=1S/C25H29N3O2S/c1-27(2)22-11-5-19(6-12-22)17-28(18-20-7-13-23(29-3)14-8-20)25(31)26-21-9-15-24(30-4)16-10-21/h5-16H,17-18H2,1-4H3,(H,26,31). The molecule has 0 saturated heterocycles. The molecule has 162 valence electrons. The number of thiocarbonyl (C=S) groups is 1. The number of rotatable bonds is 8. The Morgan fingerprint density at radius 3 is 1.65 bits per heavy atom. The minimum atomic E-state index is 0.665. The zero-order valence-electron chi connectivity index (χ0n) is 18.5. The van der Waals surface area contributed by atoms with E-state index in [1.807, 2.05) is 50.5 Å². The predicted molar refractivity (Wildman–Crippen MR) is 132 cm³/mol. The van der Waals surface area contributed by atoms with Gasteiger partial charge in [-0.2, -0.15) is 0 Å². The monoisotopic (exact) mass is 435 g/mol. The van der Waals surface area contributed by atoms with Crippen LogP contribution in [0.2, 0.25) is 0 Å². The Balaban J connectivity index is 1.78. The van der Waals surface area contributed by atoms with Crippen molar-refractivity contribution in [3.8, 4) is 11.5 Å². The molecule has 0 bridgehead atoms. The Morgan fingerprint density at radius 1 is 0.742 bits per heavy atom. The third kappa shape index (κ3) is 6.36. The second kappa shape index (κ2) is 10.7. The van der Waals surface area contributed by atoms with Crippen LogP contribution in [0.3, 0.4) is 0 Å². The van der Waals surface area contributed by atoms with Crippen LogP contribution in [0.5, 0.6) is 11.5 Å². The van der Waals surface area contributed by atoms with Crippen molar-refractivity contribution >= 4 is 28.7 Å². The second-order valence-electron chi connectivity index (χ2n) is 7.42. The molecule has 0 aliphatic rings. The van der Waals surface area contributed by atoms with Gasteiger partial charge in [0.25, 0.3) is 0 Å². The van der Waals surface area contributed by atoms with E-state index in [9.17, 15) is 0 Å². The lowest BCUT2D eigenvalue weighted by Gasteiger charge is -2.27. The normalized spacial score (nSPS) is 10.3. The fraction of sp³-hybridized carbons (Fsp3) is 0.240. The van der Waals surface area contributed by atoms with Gasteiger partial charge in [0.15, 0.2) is 5.11 Å². The largest absolute Gasteiger partial charge is 0.497 e. The predicted octanol–water partition coefficient (Wildman–Crippen LogP) is 5.17. The first kappa shape index (κ1) is 22.4. The Hall–Kier alpha value is -3.25. The highest BCUT2D eigenvalue weighted by Crippen LogP contribution is 2.20. The van der Waals surface area contributed by atoms with E-state index < -0.39 is 0 Å². The lowest BCUT2D eigenvalue weighted by molar-refractivity contribution is 0.407. The van der Waals surface area contributed by atoms with E-state index in [0.717, 1.165) is 22.7 Å². The average Bonchev–Trinajstić information content (AvgIpc) is 2.80. The smallest absolute Gasteiger partial charge is 0.174 e. The molecule has 0 atom stereocenters. The summed E-state index contributed by atoms with van der Waals surface area (Å²) >= 11 is 5.78. The molecule has 31 heavy (non-hydrogen) atoms. The number of hydrogen-bond acceptors (Lipinski definition) is 4. The first-order valence-electron chi connectivity index (χ1n) is 10.1. The summed E-state index contributed by atoms with van der Waals surface area (Å²) in [5.74, 6) is 1.65. The summed E-state index contributed by atoms with van der Waals surface area (Å²) in [5, 5.41) is 4.02. The Kier molecular flexibility index (Phi) is 7.73. The van der Waals surface area contributed by atoms with Crippen molar-refractivity contribution in [2.24, 2.45) is 0 Å². The molecule has 0 aromatic heterocycles. The molecule has 0 fully saturated rings. The quantitative estimate of drug-likeness (QED) is 0.492. The van der Waals surface area contributed by atoms with Gasteiger partial charge in [-0.15, -0.1) is 0 Å². The first-order chi connectivity index (χ1) is 15.0. The zero-order chi connectivity index (χ0) is 22.2. The van der Waals surface area contributed by atoms with Gasteiger partial charge in [-0.25, -0.2) is 0 Å². The highest BCUT2D eigenvalue weighted by Gasteiger charge is 2.13. The van der Waals surface area contributed by atoms with Crippen molar-refractivity contribution in [1.29, 1.82) is 0 Å². The molecule has 1 N–H and O–H groups in total. The molecule has 0 spiro atoms. The number of methoxy groups -OCH3 is 2. The molecule has 3 aromatic carbocycles. The zero-order valence-corrected chi connectivity index (χ0v) is 19.3. The molecule has 0 radical (unpaired) electrons. The van der Waals surface area contributed by atoms with Crippen LogP contribution in [0.1, 0.15) is 11.1 Å². The van der Waals surface area contributed by atoms with Gasteiger partial charge in [-0.05, 0) is 71.9 Å². The maximum absolute atomic E-state index is 5.78. The fourth-order valence-corrected chi connectivity index (χ4v) is 3.39. The maximum Gasteiger partial charge on any atom is 0.174 e. The van der Waals surface area contributed by atoms with Gasteiger partial charge in [-0.1, -0.05) is 24.3 Å². The third-order valence-corrected chi connectivity index (χ3v) is 5.35. The SMILES string of the molecule is COc1ccc(CN(Cc2ccc(N(C)C)cc2)C(=S)Nc2ccc(OC)cc2)cc1. The van der Waals surface area contributed by atoms with Crippen LogP contribution in [0.25, 0.3) is 0 Å². The van der Waals surface area contributed by atoms with Gasteiger partial charge in [-0.3, -0.25) is 0 Å². The van der Waals surface area contributed by atoms with Gasteiger partial charge in [0.1, 0.15) is 11.5 Å². The summed E-state index contributed by atoms with van der Waals surface area (Å²) in [6.45, 7) is 1.38. The second-order valence-corrected chi connectivity index (χ2v) is 7.81.